The lowest BCUT2D eigenvalue weighted by atomic mass is 10.2. The number of amidine groups is 1. The summed E-state index contributed by atoms with van der Waals surface area (Å²) in [6, 6.07) is 5.57. The minimum absolute atomic E-state index is 0.00282. The molecular formula is C10H9ClN2OS. The number of hydrogen-bond acceptors (Lipinski definition) is 3. The number of aliphatic imine (C=N–C) groups is 1. The Labute approximate surface area is 96.9 Å². The largest absolute Gasteiger partial charge is 0.304 e. The zero-order valence-corrected chi connectivity index (χ0v) is 9.65. The third-order valence-corrected chi connectivity index (χ3v) is 3.25. The second-order valence-electron chi connectivity index (χ2n) is 3.19. The summed E-state index contributed by atoms with van der Waals surface area (Å²) in [5.74, 6) is 0.440. The van der Waals surface area contributed by atoms with E-state index in [1.807, 2.05) is 19.1 Å². The van der Waals surface area contributed by atoms with Gasteiger partial charge in [-0.05, 0) is 24.6 Å². The molecule has 0 saturated carbocycles. The molecule has 1 heterocycles. The van der Waals surface area contributed by atoms with Gasteiger partial charge in [-0.1, -0.05) is 29.4 Å². The lowest BCUT2D eigenvalue weighted by Crippen LogP contribution is -2.19. The van der Waals surface area contributed by atoms with E-state index in [0.29, 0.717) is 15.9 Å². The van der Waals surface area contributed by atoms with Gasteiger partial charge < -0.3 is 5.32 Å². The standard InChI is InChI=1S/C10H9ClN2OS/c1-6-2-3-7(4-8(6)11)12-10-13-9(14)5-15-10/h2-4H,5H2,1H3,(H,12,13,14). The molecule has 0 aliphatic carbocycles. The summed E-state index contributed by atoms with van der Waals surface area (Å²) < 4.78 is 0. The zero-order chi connectivity index (χ0) is 10.8. The van der Waals surface area contributed by atoms with E-state index < -0.39 is 0 Å². The van der Waals surface area contributed by atoms with Crippen molar-refractivity contribution < 1.29 is 4.79 Å². The number of halogens is 1. The van der Waals surface area contributed by atoms with Gasteiger partial charge in [-0.15, -0.1) is 0 Å². The highest BCUT2D eigenvalue weighted by atomic mass is 35.5. The van der Waals surface area contributed by atoms with Crippen molar-refractivity contribution in [3.8, 4) is 0 Å². The summed E-state index contributed by atoms with van der Waals surface area (Å²) in [7, 11) is 0. The molecule has 1 aliphatic heterocycles. The van der Waals surface area contributed by atoms with Gasteiger partial charge in [0.25, 0.3) is 0 Å². The van der Waals surface area contributed by atoms with E-state index in [0.717, 1.165) is 11.3 Å². The Kier molecular flexibility index (Phi) is 2.98. The number of hydrogen-bond donors (Lipinski definition) is 1. The van der Waals surface area contributed by atoms with Crippen LogP contribution < -0.4 is 5.32 Å². The van der Waals surface area contributed by atoms with E-state index in [9.17, 15) is 4.79 Å². The van der Waals surface area contributed by atoms with Crippen LogP contribution in [0.15, 0.2) is 23.2 Å². The molecule has 1 aliphatic rings. The predicted molar refractivity (Wildman–Crippen MR) is 63.9 cm³/mol. The monoisotopic (exact) mass is 240 g/mol. The van der Waals surface area contributed by atoms with E-state index in [2.05, 4.69) is 10.3 Å². The molecule has 1 aromatic rings. The fourth-order valence-corrected chi connectivity index (χ4v) is 2.02. The van der Waals surface area contributed by atoms with Gasteiger partial charge in [0.05, 0.1) is 11.4 Å². The predicted octanol–water partition coefficient (Wildman–Crippen LogP) is 2.50. The molecule has 0 radical (unpaired) electrons. The second kappa shape index (κ2) is 4.24. The van der Waals surface area contributed by atoms with E-state index >= 15 is 0 Å². The molecule has 2 rings (SSSR count). The van der Waals surface area contributed by atoms with Gasteiger partial charge in [-0.3, -0.25) is 4.79 Å². The third kappa shape index (κ3) is 2.52. The smallest absolute Gasteiger partial charge is 0.236 e. The summed E-state index contributed by atoms with van der Waals surface area (Å²) in [5, 5.41) is 3.99. The SMILES string of the molecule is Cc1ccc(N=C2NC(=O)CS2)cc1Cl. The van der Waals surface area contributed by atoms with Crippen molar-refractivity contribution in [1.29, 1.82) is 0 Å². The maximum Gasteiger partial charge on any atom is 0.236 e. The number of benzene rings is 1. The third-order valence-electron chi connectivity index (χ3n) is 1.97. The minimum atomic E-state index is -0.00282. The normalized spacial score (nSPS) is 18.3. The van der Waals surface area contributed by atoms with Gasteiger partial charge >= 0.3 is 0 Å². The first-order valence-electron chi connectivity index (χ1n) is 4.42. The molecule has 3 nitrogen and oxygen atoms in total. The Morgan fingerprint density at radius 3 is 2.93 bits per heavy atom. The number of carbonyl (C=O) groups excluding carboxylic acids is 1. The van der Waals surface area contributed by atoms with Crippen LogP contribution >= 0.6 is 23.4 Å². The number of rotatable bonds is 1. The van der Waals surface area contributed by atoms with E-state index in [1.165, 1.54) is 11.8 Å². The number of carbonyl (C=O) groups is 1. The Morgan fingerprint density at radius 2 is 2.33 bits per heavy atom. The van der Waals surface area contributed by atoms with Crippen LogP contribution in [0, 0.1) is 6.92 Å². The van der Waals surface area contributed by atoms with Crippen molar-refractivity contribution in [2.24, 2.45) is 4.99 Å². The molecule has 1 saturated heterocycles. The van der Waals surface area contributed by atoms with Crippen molar-refractivity contribution in [3.05, 3.63) is 28.8 Å². The summed E-state index contributed by atoms with van der Waals surface area (Å²) in [6.07, 6.45) is 0. The lowest BCUT2D eigenvalue weighted by molar-refractivity contribution is -0.116. The van der Waals surface area contributed by atoms with Gasteiger partial charge in [0, 0.05) is 5.02 Å². The molecule has 0 bridgehead atoms. The number of amides is 1. The van der Waals surface area contributed by atoms with Crippen LogP contribution in [0.1, 0.15) is 5.56 Å². The van der Waals surface area contributed by atoms with Crippen molar-refractivity contribution in [3.63, 3.8) is 0 Å². The van der Waals surface area contributed by atoms with Gasteiger partial charge in [0.1, 0.15) is 0 Å². The molecule has 0 aromatic heterocycles. The first kappa shape index (κ1) is 10.5. The van der Waals surface area contributed by atoms with Gasteiger partial charge in [0.15, 0.2) is 5.17 Å². The van der Waals surface area contributed by atoms with Crippen LogP contribution in [0.3, 0.4) is 0 Å². The van der Waals surface area contributed by atoms with Crippen LogP contribution in [0.4, 0.5) is 5.69 Å². The second-order valence-corrected chi connectivity index (χ2v) is 4.56. The average Bonchev–Trinajstić information content (AvgIpc) is 2.58. The fourth-order valence-electron chi connectivity index (χ4n) is 1.15. The topological polar surface area (TPSA) is 41.5 Å². The summed E-state index contributed by atoms with van der Waals surface area (Å²) in [6.45, 7) is 1.94. The molecule has 1 fully saturated rings. The quantitative estimate of drug-likeness (QED) is 0.820. The van der Waals surface area contributed by atoms with Crippen LogP contribution in [0.25, 0.3) is 0 Å². The number of nitrogens with one attached hydrogen (secondary N) is 1. The van der Waals surface area contributed by atoms with Crippen molar-refractivity contribution in [2.45, 2.75) is 6.92 Å². The Balaban J connectivity index is 2.24. The molecule has 0 spiro atoms. The van der Waals surface area contributed by atoms with Crippen molar-refractivity contribution >= 4 is 40.1 Å². The maximum atomic E-state index is 10.9. The summed E-state index contributed by atoms with van der Waals surface area (Å²) in [4.78, 5) is 15.2. The average molecular weight is 241 g/mol. The molecule has 1 amide bonds. The van der Waals surface area contributed by atoms with Crippen molar-refractivity contribution in [1.82, 2.24) is 5.32 Å². The molecule has 0 atom stereocenters. The van der Waals surface area contributed by atoms with Crippen molar-refractivity contribution in [2.75, 3.05) is 5.75 Å². The van der Waals surface area contributed by atoms with Gasteiger partial charge in [-0.2, -0.15) is 0 Å². The molecule has 5 heteroatoms. The molecule has 0 unspecified atom stereocenters. The molecule has 1 N–H and O–H groups in total. The molecule has 1 aromatic carbocycles. The maximum absolute atomic E-state index is 10.9. The van der Waals surface area contributed by atoms with E-state index in [4.69, 9.17) is 11.6 Å². The Bertz CT molecular complexity index is 445. The zero-order valence-electron chi connectivity index (χ0n) is 8.08. The number of thioether (sulfide) groups is 1. The van der Waals surface area contributed by atoms with Gasteiger partial charge in [-0.25, -0.2) is 4.99 Å². The first-order chi connectivity index (χ1) is 7.15. The highest BCUT2D eigenvalue weighted by Gasteiger charge is 2.16. The highest BCUT2D eigenvalue weighted by molar-refractivity contribution is 8.15. The van der Waals surface area contributed by atoms with E-state index in [-0.39, 0.29) is 5.91 Å². The van der Waals surface area contributed by atoms with Crippen LogP contribution in [0.5, 0.6) is 0 Å². The molecule has 78 valence electrons. The van der Waals surface area contributed by atoms with Crippen LogP contribution in [-0.4, -0.2) is 16.8 Å². The van der Waals surface area contributed by atoms with E-state index in [1.54, 1.807) is 6.07 Å². The Morgan fingerprint density at radius 1 is 1.53 bits per heavy atom. The summed E-state index contributed by atoms with van der Waals surface area (Å²) in [5.41, 5.74) is 1.78. The molecule has 15 heavy (non-hydrogen) atoms. The Hall–Kier alpha value is -1.00. The lowest BCUT2D eigenvalue weighted by Gasteiger charge is -2.00. The number of aryl methyl sites for hydroxylation is 1. The number of nitrogens with zero attached hydrogens (tertiary/aromatic N) is 1. The van der Waals surface area contributed by atoms with Gasteiger partial charge in [0.2, 0.25) is 5.91 Å². The highest BCUT2D eigenvalue weighted by Crippen LogP contribution is 2.23. The first-order valence-corrected chi connectivity index (χ1v) is 5.79. The summed E-state index contributed by atoms with van der Waals surface area (Å²) >= 11 is 7.37. The fraction of sp³-hybridized carbons (Fsp3) is 0.200. The molecular weight excluding hydrogens is 232 g/mol. The minimum Gasteiger partial charge on any atom is -0.304 e. The van der Waals surface area contributed by atoms with Crippen LogP contribution in [-0.2, 0) is 4.79 Å². The van der Waals surface area contributed by atoms with Crippen LogP contribution in [0.2, 0.25) is 5.02 Å².